The molecule has 0 unspecified atom stereocenters. The van der Waals surface area contributed by atoms with E-state index in [-0.39, 0.29) is 11.7 Å². The van der Waals surface area contributed by atoms with E-state index in [1.165, 1.54) is 19.5 Å². The molecule has 1 amide bonds. The van der Waals surface area contributed by atoms with Crippen molar-refractivity contribution in [1.29, 1.82) is 0 Å². The van der Waals surface area contributed by atoms with E-state index in [0.717, 1.165) is 5.56 Å². The van der Waals surface area contributed by atoms with Crippen molar-refractivity contribution in [3.63, 3.8) is 0 Å². The third-order valence-corrected chi connectivity index (χ3v) is 4.33. The number of anilines is 1. The molecule has 1 aromatic carbocycles. The van der Waals surface area contributed by atoms with Crippen molar-refractivity contribution in [1.82, 2.24) is 15.0 Å². The van der Waals surface area contributed by atoms with E-state index in [9.17, 15) is 9.18 Å². The van der Waals surface area contributed by atoms with E-state index in [4.69, 9.17) is 4.74 Å². The first-order valence-electron chi connectivity index (χ1n) is 8.29. The van der Waals surface area contributed by atoms with E-state index in [1.807, 2.05) is 13.8 Å². The normalized spacial score (nSPS) is 11.1. The van der Waals surface area contributed by atoms with Crippen molar-refractivity contribution in [3.05, 3.63) is 66.5 Å². The summed E-state index contributed by atoms with van der Waals surface area (Å²) in [7, 11) is 1.40. The second-order valence-electron chi connectivity index (χ2n) is 6.45. The Morgan fingerprint density at radius 1 is 1.11 bits per heavy atom. The minimum Gasteiger partial charge on any atom is -0.494 e. The fourth-order valence-corrected chi connectivity index (χ4v) is 2.57. The quantitative estimate of drug-likeness (QED) is 0.746. The fraction of sp³-hybridized carbons (Fsp3) is 0.200. The Labute approximate surface area is 156 Å². The predicted octanol–water partition coefficient (Wildman–Crippen LogP) is 3.60. The highest BCUT2D eigenvalue weighted by Crippen LogP contribution is 2.27. The third-order valence-electron chi connectivity index (χ3n) is 4.33. The SMILES string of the molecule is COc1cc(-c2cc(NC(=O)C(C)(C)c3ccncc3)ncn2)ccc1F. The Kier molecular flexibility index (Phi) is 5.12. The number of hydrogen-bond acceptors (Lipinski definition) is 5. The van der Waals surface area contributed by atoms with Crippen molar-refractivity contribution in [3.8, 4) is 17.0 Å². The molecule has 3 rings (SSSR count). The molecule has 2 heterocycles. The average Bonchev–Trinajstić information content (AvgIpc) is 2.69. The van der Waals surface area contributed by atoms with Gasteiger partial charge in [-0.25, -0.2) is 14.4 Å². The zero-order valence-corrected chi connectivity index (χ0v) is 15.2. The lowest BCUT2D eigenvalue weighted by Gasteiger charge is -2.23. The van der Waals surface area contributed by atoms with E-state index < -0.39 is 11.2 Å². The predicted molar refractivity (Wildman–Crippen MR) is 99.9 cm³/mol. The Hall–Kier alpha value is -3.35. The number of nitrogens with one attached hydrogen (secondary N) is 1. The second-order valence-corrected chi connectivity index (χ2v) is 6.45. The number of methoxy groups -OCH3 is 1. The monoisotopic (exact) mass is 366 g/mol. The van der Waals surface area contributed by atoms with Crippen LogP contribution >= 0.6 is 0 Å². The summed E-state index contributed by atoms with van der Waals surface area (Å²) in [6, 6.07) is 9.68. The van der Waals surface area contributed by atoms with Gasteiger partial charge in [0.25, 0.3) is 0 Å². The maximum Gasteiger partial charge on any atom is 0.235 e. The molecule has 6 nitrogen and oxygen atoms in total. The van der Waals surface area contributed by atoms with Crippen LogP contribution in [0.15, 0.2) is 55.1 Å². The van der Waals surface area contributed by atoms with E-state index in [1.54, 1.807) is 42.7 Å². The van der Waals surface area contributed by atoms with Gasteiger partial charge < -0.3 is 10.1 Å². The minimum absolute atomic E-state index is 0.121. The van der Waals surface area contributed by atoms with Crippen molar-refractivity contribution in [2.24, 2.45) is 0 Å². The lowest BCUT2D eigenvalue weighted by atomic mass is 9.84. The molecule has 7 heteroatoms. The van der Waals surface area contributed by atoms with Crippen LogP contribution in [0.5, 0.6) is 5.75 Å². The number of nitrogens with zero attached hydrogens (tertiary/aromatic N) is 3. The molecule has 2 aromatic heterocycles. The zero-order chi connectivity index (χ0) is 19.4. The summed E-state index contributed by atoms with van der Waals surface area (Å²) in [4.78, 5) is 25.0. The molecule has 0 bridgehead atoms. The summed E-state index contributed by atoms with van der Waals surface area (Å²) < 4.78 is 18.6. The molecule has 27 heavy (non-hydrogen) atoms. The lowest BCUT2D eigenvalue weighted by Crippen LogP contribution is -2.35. The number of hydrogen-bond donors (Lipinski definition) is 1. The largest absolute Gasteiger partial charge is 0.494 e. The zero-order valence-electron chi connectivity index (χ0n) is 15.2. The minimum atomic E-state index is -0.771. The molecule has 0 radical (unpaired) electrons. The van der Waals surface area contributed by atoms with Crippen molar-refractivity contribution >= 4 is 11.7 Å². The van der Waals surface area contributed by atoms with Crippen molar-refractivity contribution in [2.75, 3.05) is 12.4 Å². The van der Waals surface area contributed by atoms with Crippen LogP contribution in [0.3, 0.4) is 0 Å². The smallest absolute Gasteiger partial charge is 0.235 e. The van der Waals surface area contributed by atoms with Crippen LogP contribution in [-0.4, -0.2) is 28.0 Å². The Morgan fingerprint density at radius 2 is 1.85 bits per heavy atom. The van der Waals surface area contributed by atoms with Gasteiger partial charge in [-0.15, -0.1) is 0 Å². The number of amides is 1. The first-order chi connectivity index (χ1) is 12.9. The molecule has 0 fully saturated rings. The van der Waals surface area contributed by atoms with Crippen LogP contribution in [0.25, 0.3) is 11.3 Å². The van der Waals surface area contributed by atoms with Gasteiger partial charge in [-0.05, 0) is 49.7 Å². The molecule has 0 aliphatic heterocycles. The van der Waals surface area contributed by atoms with Gasteiger partial charge in [-0.1, -0.05) is 0 Å². The molecule has 0 saturated heterocycles. The molecule has 0 atom stereocenters. The maximum absolute atomic E-state index is 13.6. The summed E-state index contributed by atoms with van der Waals surface area (Å²) in [5, 5.41) is 2.82. The molecular formula is C20H19FN4O2. The summed E-state index contributed by atoms with van der Waals surface area (Å²) >= 11 is 0. The third kappa shape index (κ3) is 3.92. The molecule has 3 aromatic rings. The fourth-order valence-electron chi connectivity index (χ4n) is 2.57. The molecule has 0 saturated carbocycles. The summed E-state index contributed by atoms with van der Waals surface area (Å²) in [6.07, 6.45) is 4.64. The van der Waals surface area contributed by atoms with Gasteiger partial charge in [-0.3, -0.25) is 9.78 Å². The Morgan fingerprint density at radius 3 is 2.56 bits per heavy atom. The molecule has 138 valence electrons. The molecule has 0 aliphatic carbocycles. The van der Waals surface area contributed by atoms with Gasteiger partial charge in [0, 0.05) is 24.0 Å². The summed E-state index contributed by atoms with van der Waals surface area (Å²) in [5.41, 5.74) is 1.26. The Bertz CT molecular complexity index is 961. The van der Waals surface area contributed by atoms with Crippen LogP contribution in [-0.2, 0) is 10.2 Å². The van der Waals surface area contributed by atoms with Crippen LogP contribution in [0.1, 0.15) is 19.4 Å². The first kappa shape index (κ1) is 18.4. The first-order valence-corrected chi connectivity index (χ1v) is 8.29. The van der Waals surface area contributed by atoms with Crippen LogP contribution in [0.4, 0.5) is 10.2 Å². The van der Waals surface area contributed by atoms with Crippen molar-refractivity contribution < 1.29 is 13.9 Å². The van der Waals surface area contributed by atoms with Gasteiger partial charge in [0.1, 0.15) is 12.1 Å². The van der Waals surface area contributed by atoms with Crippen molar-refractivity contribution in [2.45, 2.75) is 19.3 Å². The topological polar surface area (TPSA) is 77.0 Å². The van der Waals surface area contributed by atoms with Gasteiger partial charge in [0.05, 0.1) is 18.2 Å². The van der Waals surface area contributed by atoms with Gasteiger partial charge >= 0.3 is 0 Å². The number of carbonyl (C=O) groups excluding carboxylic acids is 1. The van der Waals surface area contributed by atoms with E-state index in [0.29, 0.717) is 17.1 Å². The highest BCUT2D eigenvalue weighted by molar-refractivity contribution is 5.98. The Balaban J connectivity index is 1.85. The second kappa shape index (κ2) is 7.49. The highest BCUT2D eigenvalue weighted by Gasteiger charge is 2.30. The number of carbonyl (C=O) groups is 1. The van der Waals surface area contributed by atoms with E-state index >= 15 is 0 Å². The number of pyridine rings is 1. The molecule has 0 spiro atoms. The summed E-state index contributed by atoms with van der Waals surface area (Å²) in [6.45, 7) is 3.65. The number of halogens is 1. The number of ether oxygens (including phenoxy) is 1. The number of rotatable bonds is 5. The van der Waals surface area contributed by atoms with Crippen LogP contribution < -0.4 is 10.1 Å². The maximum atomic E-state index is 13.6. The van der Waals surface area contributed by atoms with Gasteiger partial charge in [0.15, 0.2) is 11.6 Å². The van der Waals surface area contributed by atoms with Gasteiger partial charge in [-0.2, -0.15) is 0 Å². The molecule has 1 N–H and O–H groups in total. The van der Waals surface area contributed by atoms with E-state index in [2.05, 4.69) is 20.3 Å². The lowest BCUT2D eigenvalue weighted by molar-refractivity contribution is -0.120. The number of aromatic nitrogens is 3. The van der Waals surface area contributed by atoms with Crippen LogP contribution in [0.2, 0.25) is 0 Å². The van der Waals surface area contributed by atoms with Gasteiger partial charge in [0.2, 0.25) is 5.91 Å². The molecule has 0 aliphatic rings. The number of benzene rings is 1. The summed E-state index contributed by atoms with van der Waals surface area (Å²) in [5.74, 6) is -0.191. The average molecular weight is 366 g/mol. The highest BCUT2D eigenvalue weighted by atomic mass is 19.1. The standard InChI is InChI=1S/C20H19FN4O2/c1-20(2,14-6-8-22-9-7-14)19(26)25-18-11-16(23-12-24-18)13-4-5-15(21)17(10-13)27-3/h4-12H,1-3H3,(H,23,24,25,26). The molecular weight excluding hydrogens is 347 g/mol. The van der Waals surface area contributed by atoms with Crippen LogP contribution in [0, 0.1) is 5.82 Å².